The second-order valence-electron chi connectivity index (χ2n) is 7.16. The van der Waals surface area contributed by atoms with Gasteiger partial charge < -0.3 is 10.1 Å². The van der Waals surface area contributed by atoms with E-state index >= 15 is 0 Å². The fourth-order valence-corrected chi connectivity index (χ4v) is 4.58. The van der Waals surface area contributed by atoms with Crippen LogP contribution in [0.5, 0.6) is 5.75 Å². The third-order valence-corrected chi connectivity index (χ3v) is 6.96. The summed E-state index contributed by atoms with van der Waals surface area (Å²) in [6.45, 7) is 5.08. The maximum atomic E-state index is 13.5. The predicted molar refractivity (Wildman–Crippen MR) is 118 cm³/mol. The average molecular weight is 470 g/mol. The number of para-hydroxylation sites is 2. The van der Waals surface area contributed by atoms with Crippen LogP contribution in [-0.4, -0.2) is 38.9 Å². The summed E-state index contributed by atoms with van der Waals surface area (Å²) < 4.78 is 33.2. The summed E-state index contributed by atoms with van der Waals surface area (Å²) >= 11 is 6.09. The molecule has 0 saturated carbocycles. The van der Waals surface area contributed by atoms with E-state index in [1.807, 2.05) is 20.8 Å². The zero-order chi connectivity index (χ0) is 23.3. The molecule has 31 heavy (non-hydrogen) atoms. The number of carbonyl (C=O) groups is 1. The first-order valence-electron chi connectivity index (χ1n) is 9.38. The molecule has 2 aromatic carbocycles. The summed E-state index contributed by atoms with van der Waals surface area (Å²) in [5.41, 5.74) is -0.347. The number of methoxy groups -OCH3 is 1. The zero-order valence-electron chi connectivity index (χ0n) is 17.5. The minimum atomic E-state index is -4.47. The van der Waals surface area contributed by atoms with Gasteiger partial charge in [-0.3, -0.25) is 19.2 Å². The molecule has 1 amide bonds. The topological polar surface area (TPSA) is 119 Å². The van der Waals surface area contributed by atoms with Crippen molar-refractivity contribution in [3.05, 3.63) is 57.6 Å². The lowest BCUT2D eigenvalue weighted by molar-refractivity contribution is -0.385. The van der Waals surface area contributed by atoms with E-state index in [0.717, 1.165) is 22.5 Å². The standard InChI is InChI=1S/C20H24ClN3O6S/c1-13(2)14(3)22-20(25)12-23(17-7-5-6-8-18(17)30-4)31(28,29)19-11-15(24(26)27)9-10-16(19)21/h5-11,13-14H,12H2,1-4H3,(H,22,25). The van der Waals surface area contributed by atoms with E-state index in [1.165, 1.54) is 13.2 Å². The van der Waals surface area contributed by atoms with Crippen LogP contribution in [0, 0.1) is 16.0 Å². The SMILES string of the molecule is COc1ccccc1N(CC(=O)NC(C)C(C)C)S(=O)(=O)c1cc([N+](=O)[O-])ccc1Cl. The van der Waals surface area contributed by atoms with Gasteiger partial charge in [-0.05, 0) is 31.0 Å². The van der Waals surface area contributed by atoms with Crippen molar-refractivity contribution in [2.24, 2.45) is 5.92 Å². The summed E-state index contributed by atoms with van der Waals surface area (Å²) in [4.78, 5) is 22.6. The molecular formula is C20H24ClN3O6S. The van der Waals surface area contributed by atoms with Gasteiger partial charge in [-0.1, -0.05) is 37.6 Å². The minimum absolute atomic E-state index is 0.0972. The van der Waals surface area contributed by atoms with Crippen LogP contribution in [0.15, 0.2) is 47.4 Å². The normalized spacial score (nSPS) is 12.3. The van der Waals surface area contributed by atoms with Crippen molar-refractivity contribution >= 4 is 38.9 Å². The number of hydrogen-bond acceptors (Lipinski definition) is 6. The van der Waals surface area contributed by atoms with Crippen molar-refractivity contribution in [1.29, 1.82) is 0 Å². The lowest BCUT2D eigenvalue weighted by atomic mass is 10.1. The number of nitro groups is 1. The van der Waals surface area contributed by atoms with Crippen LogP contribution in [0.2, 0.25) is 5.02 Å². The molecule has 0 aliphatic carbocycles. The van der Waals surface area contributed by atoms with E-state index in [9.17, 15) is 23.3 Å². The van der Waals surface area contributed by atoms with Gasteiger partial charge >= 0.3 is 0 Å². The van der Waals surface area contributed by atoms with Gasteiger partial charge in [-0.2, -0.15) is 0 Å². The number of halogens is 1. The third kappa shape index (κ3) is 5.65. The van der Waals surface area contributed by atoms with Crippen molar-refractivity contribution in [2.75, 3.05) is 18.0 Å². The Morgan fingerprint density at radius 2 is 1.87 bits per heavy atom. The lowest BCUT2D eigenvalue weighted by Gasteiger charge is -2.27. The van der Waals surface area contributed by atoms with Crippen LogP contribution in [0.1, 0.15) is 20.8 Å². The second-order valence-corrected chi connectivity index (χ2v) is 9.39. The Morgan fingerprint density at radius 1 is 1.23 bits per heavy atom. The summed E-state index contributed by atoms with van der Waals surface area (Å²) in [5.74, 6) is -0.207. The van der Waals surface area contributed by atoms with Gasteiger partial charge in [0.1, 0.15) is 17.2 Å². The van der Waals surface area contributed by atoms with Crippen molar-refractivity contribution < 1.29 is 22.9 Å². The molecule has 0 aliphatic heterocycles. The third-order valence-electron chi connectivity index (χ3n) is 4.72. The lowest BCUT2D eigenvalue weighted by Crippen LogP contribution is -2.45. The molecule has 0 spiro atoms. The number of non-ortho nitro benzene ring substituents is 1. The molecule has 2 rings (SSSR count). The van der Waals surface area contributed by atoms with E-state index in [0.29, 0.717) is 0 Å². The fourth-order valence-electron chi connectivity index (χ4n) is 2.65. The average Bonchev–Trinajstić information content (AvgIpc) is 2.71. The van der Waals surface area contributed by atoms with E-state index in [2.05, 4.69) is 5.32 Å². The van der Waals surface area contributed by atoms with Crippen LogP contribution in [0.3, 0.4) is 0 Å². The van der Waals surface area contributed by atoms with Gasteiger partial charge in [0.05, 0.1) is 22.7 Å². The van der Waals surface area contributed by atoms with Crippen molar-refractivity contribution in [2.45, 2.75) is 31.7 Å². The first-order chi connectivity index (χ1) is 14.5. The molecular weight excluding hydrogens is 446 g/mol. The molecule has 0 heterocycles. The van der Waals surface area contributed by atoms with E-state index in [1.54, 1.807) is 18.2 Å². The van der Waals surface area contributed by atoms with Crippen LogP contribution in [0.25, 0.3) is 0 Å². The summed E-state index contributed by atoms with van der Waals surface area (Å²) in [6, 6.07) is 9.16. The number of nitro benzene ring substituents is 1. The highest BCUT2D eigenvalue weighted by atomic mass is 35.5. The molecule has 168 valence electrons. The molecule has 9 nitrogen and oxygen atoms in total. The summed E-state index contributed by atoms with van der Waals surface area (Å²) in [5, 5.41) is 13.7. The highest BCUT2D eigenvalue weighted by Gasteiger charge is 2.32. The number of benzene rings is 2. The number of hydrogen-bond donors (Lipinski definition) is 1. The largest absolute Gasteiger partial charge is 0.495 e. The summed E-state index contributed by atoms with van der Waals surface area (Å²) in [6.07, 6.45) is 0. The zero-order valence-corrected chi connectivity index (χ0v) is 19.1. The van der Waals surface area contributed by atoms with Gasteiger partial charge in [-0.25, -0.2) is 8.42 Å². The second kappa shape index (κ2) is 9.97. The summed E-state index contributed by atoms with van der Waals surface area (Å²) in [7, 11) is -3.10. The highest BCUT2D eigenvalue weighted by Crippen LogP contribution is 2.35. The number of anilines is 1. The quantitative estimate of drug-likeness (QED) is 0.442. The molecule has 2 aromatic rings. The monoisotopic (exact) mass is 469 g/mol. The minimum Gasteiger partial charge on any atom is -0.495 e. The molecule has 1 N–H and O–H groups in total. The van der Waals surface area contributed by atoms with Gasteiger partial charge in [0.25, 0.3) is 15.7 Å². The van der Waals surface area contributed by atoms with Crippen molar-refractivity contribution in [1.82, 2.24) is 5.32 Å². The molecule has 0 aromatic heterocycles. The first-order valence-corrected chi connectivity index (χ1v) is 11.2. The molecule has 0 radical (unpaired) electrons. The Labute approximate surface area is 186 Å². The first kappa shape index (κ1) is 24.4. The number of carbonyl (C=O) groups excluding carboxylic acids is 1. The number of ether oxygens (including phenoxy) is 1. The molecule has 11 heteroatoms. The predicted octanol–water partition coefficient (Wildman–Crippen LogP) is 3.61. The molecule has 0 fully saturated rings. The Hall–Kier alpha value is -2.85. The number of rotatable bonds is 9. The van der Waals surface area contributed by atoms with E-state index < -0.39 is 38.0 Å². The molecule has 0 bridgehead atoms. The van der Waals surface area contributed by atoms with Crippen molar-refractivity contribution in [3.63, 3.8) is 0 Å². The van der Waals surface area contributed by atoms with Gasteiger partial charge in [0, 0.05) is 18.2 Å². The molecule has 1 atom stereocenters. The smallest absolute Gasteiger partial charge is 0.270 e. The van der Waals surface area contributed by atoms with Gasteiger partial charge in [0.15, 0.2) is 0 Å². The molecule has 0 saturated heterocycles. The van der Waals surface area contributed by atoms with Crippen LogP contribution >= 0.6 is 11.6 Å². The Balaban J connectivity index is 2.60. The Morgan fingerprint density at radius 3 is 2.45 bits per heavy atom. The van der Waals surface area contributed by atoms with E-state index in [-0.39, 0.29) is 28.4 Å². The highest BCUT2D eigenvalue weighted by molar-refractivity contribution is 7.93. The number of amides is 1. The number of sulfonamides is 1. The van der Waals surface area contributed by atoms with Crippen molar-refractivity contribution in [3.8, 4) is 5.75 Å². The van der Waals surface area contributed by atoms with Gasteiger partial charge in [0.2, 0.25) is 5.91 Å². The molecule has 1 unspecified atom stereocenters. The van der Waals surface area contributed by atoms with Crippen LogP contribution < -0.4 is 14.4 Å². The Bertz CT molecular complexity index is 1070. The fraction of sp³-hybridized carbons (Fsp3) is 0.350. The van der Waals surface area contributed by atoms with Crippen LogP contribution in [-0.2, 0) is 14.8 Å². The van der Waals surface area contributed by atoms with Crippen LogP contribution in [0.4, 0.5) is 11.4 Å². The van der Waals surface area contributed by atoms with Gasteiger partial charge in [-0.15, -0.1) is 0 Å². The number of nitrogens with one attached hydrogen (secondary N) is 1. The Kier molecular flexibility index (Phi) is 7.85. The molecule has 0 aliphatic rings. The number of nitrogens with zero attached hydrogens (tertiary/aromatic N) is 2. The maximum Gasteiger partial charge on any atom is 0.270 e. The maximum absolute atomic E-state index is 13.5. The van der Waals surface area contributed by atoms with E-state index in [4.69, 9.17) is 16.3 Å².